The van der Waals surface area contributed by atoms with Gasteiger partial charge in [0.25, 0.3) is 0 Å². The highest BCUT2D eigenvalue weighted by atomic mass is 35.5. The first-order valence-electron chi connectivity index (χ1n) is 11.9. The van der Waals surface area contributed by atoms with Gasteiger partial charge in [0.2, 0.25) is 5.95 Å². The number of carbonyl (C=O) groups excluding carboxylic acids is 1. The van der Waals surface area contributed by atoms with Crippen molar-refractivity contribution < 1.29 is 23.4 Å². The highest BCUT2D eigenvalue weighted by molar-refractivity contribution is 6.30. The maximum absolute atomic E-state index is 13.3. The molecule has 0 amide bonds. The molecule has 0 radical (unpaired) electrons. The first kappa shape index (κ1) is 25.3. The van der Waals surface area contributed by atoms with Gasteiger partial charge in [-0.3, -0.25) is 0 Å². The van der Waals surface area contributed by atoms with Crippen LogP contribution in [0.3, 0.4) is 0 Å². The summed E-state index contributed by atoms with van der Waals surface area (Å²) in [6.07, 6.45) is 1.42. The molecule has 1 aliphatic rings. The molecule has 0 aliphatic carbocycles. The van der Waals surface area contributed by atoms with Crippen molar-refractivity contribution >= 4 is 29.2 Å². The molecule has 0 spiro atoms. The summed E-state index contributed by atoms with van der Waals surface area (Å²) < 4.78 is 32.0. The van der Waals surface area contributed by atoms with Crippen molar-refractivity contribution in [2.75, 3.05) is 19.0 Å². The lowest BCUT2D eigenvalue weighted by molar-refractivity contribution is -0.136. The number of anilines is 1. The lowest BCUT2D eigenvalue weighted by Crippen LogP contribution is -2.29. The highest BCUT2D eigenvalue weighted by Crippen LogP contribution is 2.41. The molecule has 10 heteroatoms. The fraction of sp³-hybridized carbons (Fsp3) is 0.179. The number of halogens is 2. The molecule has 194 valence electrons. The first-order chi connectivity index (χ1) is 18.5. The molecule has 1 N–H and O–H groups in total. The van der Waals surface area contributed by atoms with Crippen LogP contribution in [-0.2, 0) is 16.1 Å². The van der Waals surface area contributed by atoms with Crippen LogP contribution in [0.15, 0.2) is 78.6 Å². The van der Waals surface area contributed by atoms with E-state index in [9.17, 15) is 9.18 Å². The zero-order valence-corrected chi connectivity index (χ0v) is 21.4. The number of hydrogen-bond acceptors (Lipinski definition) is 7. The molecule has 38 heavy (non-hydrogen) atoms. The smallest absolute Gasteiger partial charge is 0.338 e. The molecule has 1 aromatic heterocycles. The van der Waals surface area contributed by atoms with Crippen LogP contribution in [0.2, 0.25) is 5.02 Å². The zero-order valence-electron chi connectivity index (χ0n) is 20.7. The molecule has 0 fully saturated rings. The summed E-state index contributed by atoms with van der Waals surface area (Å²) in [5.41, 5.74) is 3.14. The van der Waals surface area contributed by atoms with Crippen LogP contribution in [0.1, 0.15) is 29.7 Å². The van der Waals surface area contributed by atoms with Gasteiger partial charge in [-0.05, 0) is 60.0 Å². The standard InChI is InChI=1S/C28H24ClFN4O4/c1-3-37-23-14-19(8-13-22(23)38-15-17-4-11-21(30)12-5-17)26-24(27(35)36-2)25(18-6-9-20(29)10-7-18)33-28-31-16-32-34(26)28/h4-14,16,26H,3,15H2,1-2H3,(H,31,32,33)/t26-/m0/s1. The molecule has 8 nitrogen and oxygen atoms in total. The van der Waals surface area contributed by atoms with E-state index in [2.05, 4.69) is 15.4 Å². The van der Waals surface area contributed by atoms with Crippen LogP contribution >= 0.6 is 11.6 Å². The number of esters is 1. The van der Waals surface area contributed by atoms with Crippen molar-refractivity contribution in [3.63, 3.8) is 0 Å². The number of nitrogens with one attached hydrogen (secondary N) is 1. The average molecular weight is 535 g/mol. The molecule has 1 aliphatic heterocycles. The third-order valence-electron chi connectivity index (χ3n) is 6.03. The van der Waals surface area contributed by atoms with E-state index in [1.54, 1.807) is 35.0 Å². The van der Waals surface area contributed by atoms with E-state index in [1.165, 1.54) is 25.6 Å². The summed E-state index contributed by atoms with van der Waals surface area (Å²) in [5.74, 6) is 0.624. The van der Waals surface area contributed by atoms with Crippen LogP contribution in [0, 0.1) is 5.82 Å². The Morgan fingerprint density at radius 2 is 1.82 bits per heavy atom. The van der Waals surface area contributed by atoms with Gasteiger partial charge in [0.15, 0.2) is 11.5 Å². The molecule has 0 saturated carbocycles. The second-order valence-electron chi connectivity index (χ2n) is 8.40. The quantitative estimate of drug-likeness (QED) is 0.292. The van der Waals surface area contributed by atoms with Crippen molar-refractivity contribution in [1.29, 1.82) is 0 Å². The van der Waals surface area contributed by atoms with Gasteiger partial charge >= 0.3 is 5.97 Å². The summed E-state index contributed by atoms with van der Waals surface area (Å²) in [6.45, 7) is 2.50. The molecule has 0 bridgehead atoms. The highest BCUT2D eigenvalue weighted by Gasteiger charge is 2.36. The van der Waals surface area contributed by atoms with Gasteiger partial charge in [-0.15, -0.1) is 0 Å². The van der Waals surface area contributed by atoms with E-state index >= 15 is 0 Å². The normalized spacial score (nSPS) is 14.5. The van der Waals surface area contributed by atoms with Crippen molar-refractivity contribution in [3.8, 4) is 11.5 Å². The monoisotopic (exact) mass is 534 g/mol. The van der Waals surface area contributed by atoms with E-state index < -0.39 is 12.0 Å². The van der Waals surface area contributed by atoms with Crippen molar-refractivity contribution in [2.45, 2.75) is 19.6 Å². The third kappa shape index (κ3) is 5.05. The molecule has 1 atom stereocenters. The Labute approximate surface area is 223 Å². The average Bonchev–Trinajstić information content (AvgIpc) is 3.41. The topological polar surface area (TPSA) is 87.5 Å². The van der Waals surface area contributed by atoms with E-state index in [0.29, 0.717) is 45.9 Å². The largest absolute Gasteiger partial charge is 0.490 e. The lowest BCUT2D eigenvalue weighted by Gasteiger charge is -2.29. The number of hydrogen-bond donors (Lipinski definition) is 1. The van der Waals surface area contributed by atoms with Gasteiger partial charge in [0.05, 0.1) is 25.0 Å². The third-order valence-corrected chi connectivity index (χ3v) is 6.28. The van der Waals surface area contributed by atoms with Crippen molar-refractivity contribution in [1.82, 2.24) is 14.8 Å². The number of benzene rings is 3. The minimum atomic E-state index is -0.669. The fourth-order valence-corrected chi connectivity index (χ4v) is 4.39. The first-order valence-corrected chi connectivity index (χ1v) is 12.2. The van der Waals surface area contributed by atoms with E-state index in [-0.39, 0.29) is 12.4 Å². The fourth-order valence-electron chi connectivity index (χ4n) is 4.27. The molecule has 0 unspecified atom stereocenters. The van der Waals surface area contributed by atoms with E-state index in [4.69, 9.17) is 25.8 Å². The lowest BCUT2D eigenvalue weighted by atomic mass is 9.92. The zero-order chi connectivity index (χ0) is 26.6. The minimum Gasteiger partial charge on any atom is -0.490 e. The number of nitrogens with zero attached hydrogens (tertiary/aromatic N) is 3. The summed E-state index contributed by atoms with van der Waals surface area (Å²) in [5, 5.41) is 8.17. The molecule has 0 saturated heterocycles. The van der Waals surface area contributed by atoms with Crippen molar-refractivity contribution in [3.05, 3.63) is 106 Å². The summed E-state index contributed by atoms with van der Waals surface area (Å²) in [4.78, 5) is 17.5. The van der Waals surface area contributed by atoms with E-state index in [1.807, 2.05) is 31.2 Å². The predicted molar refractivity (Wildman–Crippen MR) is 141 cm³/mol. The number of fused-ring (bicyclic) bond motifs is 1. The Kier molecular flexibility index (Phi) is 7.28. The Hall–Kier alpha value is -4.37. The Balaban J connectivity index is 1.58. The SMILES string of the molecule is CCOc1cc([C@H]2C(C(=O)OC)=C(c3ccc(Cl)cc3)Nc3ncnn32)ccc1OCc1ccc(F)cc1. The van der Waals surface area contributed by atoms with Crippen molar-refractivity contribution in [2.24, 2.45) is 0 Å². The Bertz CT molecular complexity index is 1490. The van der Waals surface area contributed by atoms with Gasteiger partial charge in [-0.1, -0.05) is 41.9 Å². The maximum atomic E-state index is 13.3. The van der Waals surface area contributed by atoms with Crippen LogP contribution < -0.4 is 14.8 Å². The van der Waals surface area contributed by atoms with Gasteiger partial charge in [0.1, 0.15) is 24.8 Å². The van der Waals surface area contributed by atoms with Crippen LogP contribution in [0.25, 0.3) is 5.70 Å². The summed E-state index contributed by atoms with van der Waals surface area (Å²) in [7, 11) is 1.33. The number of rotatable bonds is 8. The molecule has 5 rings (SSSR count). The van der Waals surface area contributed by atoms with Gasteiger partial charge in [-0.25, -0.2) is 13.9 Å². The molecule has 3 aromatic carbocycles. The second kappa shape index (κ2) is 10.9. The Morgan fingerprint density at radius 1 is 1.05 bits per heavy atom. The summed E-state index contributed by atoms with van der Waals surface area (Å²) >= 11 is 6.10. The summed E-state index contributed by atoms with van der Waals surface area (Å²) in [6, 6.07) is 18.0. The molecular weight excluding hydrogens is 511 g/mol. The van der Waals surface area contributed by atoms with Crippen LogP contribution in [0.4, 0.5) is 10.3 Å². The van der Waals surface area contributed by atoms with Gasteiger partial charge in [-0.2, -0.15) is 10.1 Å². The number of ether oxygens (including phenoxy) is 3. The molecule has 2 heterocycles. The second-order valence-corrected chi connectivity index (χ2v) is 8.83. The maximum Gasteiger partial charge on any atom is 0.338 e. The predicted octanol–water partition coefficient (Wildman–Crippen LogP) is 5.65. The van der Waals surface area contributed by atoms with Crippen LogP contribution in [-0.4, -0.2) is 34.5 Å². The minimum absolute atomic E-state index is 0.230. The van der Waals surface area contributed by atoms with E-state index in [0.717, 1.165) is 11.1 Å². The van der Waals surface area contributed by atoms with Gasteiger partial charge < -0.3 is 19.5 Å². The molecule has 4 aromatic rings. The Morgan fingerprint density at radius 3 is 2.53 bits per heavy atom. The number of carbonyl (C=O) groups is 1. The molecular formula is C28H24ClFN4O4. The number of methoxy groups -OCH3 is 1. The van der Waals surface area contributed by atoms with Crippen LogP contribution in [0.5, 0.6) is 11.5 Å². The number of aromatic nitrogens is 3. The van der Waals surface area contributed by atoms with Gasteiger partial charge in [0, 0.05) is 5.02 Å².